The molecule has 28 heavy (non-hydrogen) atoms. The molecule has 0 saturated heterocycles. The SMILES string of the molecule is CN=C(NCCCOCc1ccco1)NCc1cnn(Cc2ccccc2)c1. The number of furan rings is 1. The lowest BCUT2D eigenvalue weighted by atomic mass is 10.2. The third-order valence-corrected chi connectivity index (χ3v) is 4.14. The fraction of sp³-hybridized carbons (Fsp3) is 0.333. The molecule has 0 aliphatic rings. The summed E-state index contributed by atoms with van der Waals surface area (Å²) in [5.41, 5.74) is 2.34. The van der Waals surface area contributed by atoms with E-state index in [9.17, 15) is 0 Å². The second-order valence-corrected chi connectivity index (χ2v) is 6.37. The van der Waals surface area contributed by atoms with E-state index in [4.69, 9.17) is 9.15 Å². The Labute approximate surface area is 165 Å². The maximum atomic E-state index is 5.57. The quantitative estimate of drug-likeness (QED) is 0.321. The average Bonchev–Trinajstić information content (AvgIpc) is 3.40. The number of aromatic nitrogens is 2. The summed E-state index contributed by atoms with van der Waals surface area (Å²) in [6, 6.07) is 14.1. The molecule has 0 aliphatic heterocycles. The minimum absolute atomic E-state index is 0.507. The maximum Gasteiger partial charge on any atom is 0.191 e. The molecule has 0 radical (unpaired) electrons. The van der Waals surface area contributed by atoms with Gasteiger partial charge in [0.1, 0.15) is 12.4 Å². The van der Waals surface area contributed by atoms with Gasteiger partial charge in [0, 0.05) is 38.5 Å². The molecule has 0 bridgehead atoms. The van der Waals surface area contributed by atoms with Crippen molar-refractivity contribution in [3.8, 4) is 0 Å². The minimum Gasteiger partial charge on any atom is -0.467 e. The van der Waals surface area contributed by atoms with E-state index in [-0.39, 0.29) is 0 Å². The van der Waals surface area contributed by atoms with Crippen molar-refractivity contribution in [3.05, 3.63) is 78.0 Å². The van der Waals surface area contributed by atoms with Crippen LogP contribution in [0.3, 0.4) is 0 Å². The Morgan fingerprint density at radius 3 is 2.82 bits per heavy atom. The summed E-state index contributed by atoms with van der Waals surface area (Å²) >= 11 is 0. The van der Waals surface area contributed by atoms with Crippen molar-refractivity contribution in [2.45, 2.75) is 26.1 Å². The Morgan fingerprint density at radius 1 is 1.14 bits per heavy atom. The van der Waals surface area contributed by atoms with Crippen molar-refractivity contribution < 1.29 is 9.15 Å². The van der Waals surface area contributed by atoms with E-state index >= 15 is 0 Å². The molecular formula is C21H27N5O2. The molecule has 0 amide bonds. The van der Waals surface area contributed by atoms with E-state index < -0.39 is 0 Å². The van der Waals surface area contributed by atoms with Gasteiger partial charge in [0.25, 0.3) is 0 Å². The number of hydrogen-bond donors (Lipinski definition) is 2. The van der Waals surface area contributed by atoms with Gasteiger partial charge in [-0.3, -0.25) is 9.67 Å². The fourth-order valence-electron chi connectivity index (χ4n) is 2.71. The van der Waals surface area contributed by atoms with Crippen LogP contribution in [0.5, 0.6) is 0 Å². The van der Waals surface area contributed by atoms with Crippen LogP contribution in [0, 0.1) is 0 Å². The Kier molecular flexibility index (Phi) is 7.69. The number of nitrogens with one attached hydrogen (secondary N) is 2. The molecule has 3 rings (SSSR count). The largest absolute Gasteiger partial charge is 0.467 e. The first-order valence-electron chi connectivity index (χ1n) is 9.43. The van der Waals surface area contributed by atoms with Crippen molar-refractivity contribution in [1.82, 2.24) is 20.4 Å². The Bertz CT molecular complexity index is 828. The first kappa shape index (κ1) is 19.7. The van der Waals surface area contributed by atoms with Gasteiger partial charge in [-0.05, 0) is 24.1 Å². The Morgan fingerprint density at radius 2 is 2.04 bits per heavy atom. The van der Waals surface area contributed by atoms with Gasteiger partial charge in [-0.1, -0.05) is 30.3 Å². The topological polar surface area (TPSA) is 76.6 Å². The highest BCUT2D eigenvalue weighted by Gasteiger charge is 2.02. The van der Waals surface area contributed by atoms with Crippen LogP contribution < -0.4 is 10.6 Å². The van der Waals surface area contributed by atoms with Crippen LogP contribution in [0.15, 0.2) is 70.5 Å². The molecule has 0 atom stereocenters. The minimum atomic E-state index is 0.507. The maximum absolute atomic E-state index is 5.57. The second kappa shape index (κ2) is 10.9. The monoisotopic (exact) mass is 381 g/mol. The van der Waals surface area contributed by atoms with Crippen LogP contribution in [0.1, 0.15) is 23.3 Å². The number of rotatable bonds is 10. The van der Waals surface area contributed by atoms with Gasteiger partial charge in [0.15, 0.2) is 5.96 Å². The number of benzene rings is 1. The van der Waals surface area contributed by atoms with Crippen LogP contribution in [0.4, 0.5) is 0 Å². The van der Waals surface area contributed by atoms with Gasteiger partial charge in [0.2, 0.25) is 0 Å². The zero-order valence-electron chi connectivity index (χ0n) is 16.2. The van der Waals surface area contributed by atoms with Crippen LogP contribution in [-0.2, 0) is 24.4 Å². The molecule has 7 nitrogen and oxygen atoms in total. The summed E-state index contributed by atoms with van der Waals surface area (Å²) in [5.74, 6) is 1.61. The number of guanidine groups is 1. The highest BCUT2D eigenvalue weighted by Crippen LogP contribution is 2.04. The van der Waals surface area contributed by atoms with E-state index in [1.165, 1.54) is 5.56 Å². The molecule has 148 valence electrons. The van der Waals surface area contributed by atoms with E-state index in [0.29, 0.717) is 19.8 Å². The molecule has 7 heteroatoms. The number of nitrogens with zero attached hydrogens (tertiary/aromatic N) is 3. The van der Waals surface area contributed by atoms with E-state index in [0.717, 1.165) is 36.8 Å². The molecular weight excluding hydrogens is 354 g/mol. The number of aliphatic imine (C=N–C) groups is 1. The van der Waals surface area contributed by atoms with E-state index in [2.05, 4.69) is 39.1 Å². The zero-order valence-corrected chi connectivity index (χ0v) is 16.2. The molecule has 3 aromatic rings. The van der Waals surface area contributed by atoms with Crippen molar-refractivity contribution in [2.75, 3.05) is 20.2 Å². The van der Waals surface area contributed by atoms with E-state index in [1.54, 1.807) is 13.3 Å². The van der Waals surface area contributed by atoms with Crippen LogP contribution in [0.2, 0.25) is 0 Å². The molecule has 0 fully saturated rings. The predicted octanol–water partition coefficient (Wildman–Crippen LogP) is 2.80. The normalized spacial score (nSPS) is 11.5. The fourth-order valence-corrected chi connectivity index (χ4v) is 2.71. The van der Waals surface area contributed by atoms with Gasteiger partial charge in [-0.2, -0.15) is 5.10 Å². The van der Waals surface area contributed by atoms with Crippen molar-refractivity contribution in [1.29, 1.82) is 0 Å². The summed E-state index contributed by atoms with van der Waals surface area (Å²) in [4.78, 5) is 4.25. The van der Waals surface area contributed by atoms with Crippen molar-refractivity contribution in [2.24, 2.45) is 4.99 Å². The molecule has 2 N–H and O–H groups in total. The smallest absolute Gasteiger partial charge is 0.191 e. The highest BCUT2D eigenvalue weighted by atomic mass is 16.5. The summed E-state index contributed by atoms with van der Waals surface area (Å²) in [5, 5.41) is 11.0. The highest BCUT2D eigenvalue weighted by molar-refractivity contribution is 5.79. The molecule has 0 unspecified atom stereocenters. The number of hydrogen-bond acceptors (Lipinski definition) is 4. The summed E-state index contributed by atoms with van der Waals surface area (Å²) < 4.78 is 12.7. The predicted molar refractivity (Wildman–Crippen MR) is 109 cm³/mol. The summed E-state index contributed by atoms with van der Waals surface area (Å²) in [6.07, 6.45) is 6.47. The van der Waals surface area contributed by atoms with Crippen molar-refractivity contribution >= 4 is 5.96 Å². The molecule has 0 spiro atoms. The lowest BCUT2D eigenvalue weighted by Crippen LogP contribution is -2.37. The Hall–Kier alpha value is -3.06. The first-order valence-corrected chi connectivity index (χ1v) is 9.43. The molecule has 0 aliphatic carbocycles. The van der Waals surface area contributed by atoms with Crippen LogP contribution in [0.25, 0.3) is 0 Å². The standard InChI is InChI=1S/C21H27N5O2/c1-22-21(23-10-6-11-27-17-20-9-5-12-28-20)24-13-19-14-25-26(16-19)15-18-7-3-2-4-8-18/h2-5,7-9,12,14,16H,6,10-11,13,15,17H2,1H3,(H2,22,23,24). The summed E-state index contributed by atoms with van der Waals surface area (Å²) in [7, 11) is 1.77. The zero-order chi connectivity index (χ0) is 19.4. The van der Waals surface area contributed by atoms with Gasteiger partial charge in [-0.25, -0.2) is 0 Å². The molecule has 2 heterocycles. The molecule has 0 saturated carbocycles. The first-order chi connectivity index (χ1) is 13.8. The molecule has 2 aromatic heterocycles. The average molecular weight is 381 g/mol. The van der Waals surface area contributed by atoms with Gasteiger partial charge in [-0.15, -0.1) is 0 Å². The Balaban J connectivity index is 1.31. The lowest BCUT2D eigenvalue weighted by molar-refractivity contribution is 0.105. The third kappa shape index (κ3) is 6.59. The number of ether oxygens (including phenoxy) is 1. The van der Waals surface area contributed by atoms with Gasteiger partial charge >= 0.3 is 0 Å². The second-order valence-electron chi connectivity index (χ2n) is 6.37. The van der Waals surface area contributed by atoms with Gasteiger partial charge in [0.05, 0.1) is 19.0 Å². The summed E-state index contributed by atoms with van der Waals surface area (Å²) in [6.45, 7) is 3.39. The van der Waals surface area contributed by atoms with Crippen molar-refractivity contribution in [3.63, 3.8) is 0 Å². The van der Waals surface area contributed by atoms with E-state index in [1.807, 2.05) is 41.2 Å². The van der Waals surface area contributed by atoms with Gasteiger partial charge < -0.3 is 19.8 Å². The third-order valence-electron chi connectivity index (χ3n) is 4.14. The van der Waals surface area contributed by atoms with Crippen LogP contribution in [-0.4, -0.2) is 35.9 Å². The van der Waals surface area contributed by atoms with Crippen LogP contribution >= 0.6 is 0 Å². The lowest BCUT2D eigenvalue weighted by Gasteiger charge is -2.11. The molecule has 1 aromatic carbocycles.